The maximum Gasteiger partial charge on any atom is 0.270 e. The van der Waals surface area contributed by atoms with Gasteiger partial charge in [-0.05, 0) is 25.3 Å². The SMILES string of the molecule is CC(C)CC(C)(CN)Nc1ccc([N+](=O)[O-])cc1C(F)F. The Morgan fingerprint density at radius 1 is 1.43 bits per heavy atom. The maximum atomic E-state index is 13.1. The summed E-state index contributed by atoms with van der Waals surface area (Å²) in [6, 6.07) is 3.42. The Morgan fingerprint density at radius 2 is 2.05 bits per heavy atom. The van der Waals surface area contributed by atoms with Crippen molar-refractivity contribution in [3.63, 3.8) is 0 Å². The van der Waals surface area contributed by atoms with Crippen LogP contribution >= 0.6 is 0 Å². The molecule has 1 unspecified atom stereocenters. The number of rotatable bonds is 7. The van der Waals surface area contributed by atoms with Crippen LogP contribution in [0.25, 0.3) is 0 Å². The number of hydrogen-bond donors (Lipinski definition) is 2. The van der Waals surface area contributed by atoms with Crippen molar-refractivity contribution in [2.45, 2.75) is 39.2 Å². The van der Waals surface area contributed by atoms with E-state index in [1.807, 2.05) is 20.8 Å². The first-order chi connectivity index (χ1) is 9.68. The number of nitrogens with two attached hydrogens (primary N) is 1. The third-order valence-corrected chi connectivity index (χ3v) is 3.23. The lowest BCUT2D eigenvalue weighted by molar-refractivity contribution is -0.385. The molecule has 0 heterocycles. The molecular weight excluding hydrogens is 280 g/mol. The highest BCUT2D eigenvalue weighted by molar-refractivity contribution is 5.58. The van der Waals surface area contributed by atoms with Gasteiger partial charge in [-0.25, -0.2) is 8.78 Å². The van der Waals surface area contributed by atoms with Gasteiger partial charge in [0.1, 0.15) is 0 Å². The predicted molar refractivity (Wildman–Crippen MR) is 78.6 cm³/mol. The van der Waals surface area contributed by atoms with Crippen LogP contribution in [0, 0.1) is 16.0 Å². The van der Waals surface area contributed by atoms with E-state index >= 15 is 0 Å². The molecule has 0 amide bonds. The molecular formula is C14H21F2N3O2. The van der Waals surface area contributed by atoms with Crippen LogP contribution in [-0.4, -0.2) is 17.0 Å². The molecule has 0 spiro atoms. The molecule has 7 heteroatoms. The molecule has 1 aromatic carbocycles. The minimum absolute atomic E-state index is 0.184. The first-order valence-corrected chi connectivity index (χ1v) is 6.73. The molecule has 0 saturated heterocycles. The Balaban J connectivity index is 3.14. The minimum atomic E-state index is -2.80. The van der Waals surface area contributed by atoms with Crippen LogP contribution in [0.4, 0.5) is 20.2 Å². The van der Waals surface area contributed by atoms with Crippen molar-refractivity contribution in [2.75, 3.05) is 11.9 Å². The normalized spacial score (nSPS) is 14.3. The Kier molecular flexibility index (Phi) is 5.60. The highest BCUT2D eigenvalue weighted by Crippen LogP contribution is 2.33. The number of anilines is 1. The lowest BCUT2D eigenvalue weighted by Crippen LogP contribution is -2.43. The maximum absolute atomic E-state index is 13.1. The van der Waals surface area contributed by atoms with Crippen molar-refractivity contribution in [2.24, 2.45) is 11.7 Å². The summed E-state index contributed by atoms with van der Waals surface area (Å²) in [7, 11) is 0. The highest BCUT2D eigenvalue weighted by atomic mass is 19.3. The number of nitro benzene ring substituents is 1. The van der Waals surface area contributed by atoms with Crippen molar-refractivity contribution < 1.29 is 13.7 Å². The Bertz CT molecular complexity index is 509. The van der Waals surface area contributed by atoms with Crippen LogP contribution in [0.5, 0.6) is 0 Å². The average molecular weight is 301 g/mol. The minimum Gasteiger partial charge on any atom is -0.378 e. The second kappa shape index (κ2) is 6.80. The molecule has 1 rings (SSSR count). The molecule has 0 aliphatic carbocycles. The number of nitro groups is 1. The van der Waals surface area contributed by atoms with Gasteiger partial charge in [-0.15, -0.1) is 0 Å². The van der Waals surface area contributed by atoms with Crippen molar-refractivity contribution in [3.05, 3.63) is 33.9 Å². The zero-order valence-corrected chi connectivity index (χ0v) is 12.4. The van der Waals surface area contributed by atoms with Crippen molar-refractivity contribution in [1.82, 2.24) is 0 Å². The fourth-order valence-corrected chi connectivity index (χ4v) is 2.37. The van der Waals surface area contributed by atoms with Gasteiger partial charge in [0.05, 0.1) is 4.92 Å². The topological polar surface area (TPSA) is 81.2 Å². The van der Waals surface area contributed by atoms with Crippen LogP contribution in [0.1, 0.15) is 39.2 Å². The highest BCUT2D eigenvalue weighted by Gasteiger charge is 2.27. The number of non-ortho nitro benzene ring substituents is 1. The number of benzene rings is 1. The monoisotopic (exact) mass is 301 g/mol. The van der Waals surface area contributed by atoms with Crippen LogP contribution < -0.4 is 11.1 Å². The van der Waals surface area contributed by atoms with Gasteiger partial charge in [0.15, 0.2) is 0 Å². The molecule has 0 fully saturated rings. The van der Waals surface area contributed by atoms with Gasteiger partial charge in [-0.2, -0.15) is 0 Å². The molecule has 0 aliphatic heterocycles. The molecule has 3 N–H and O–H groups in total. The van der Waals surface area contributed by atoms with Gasteiger partial charge >= 0.3 is 0 Å². The van der Waals surface area contributed by atoms with E-state index in [0.717, 1.165) is 6.07 Å². The Labute approximate surface area is 122 Å². The molecule has 0 aliphatic rings. The van der Waals surface area contributed by atoms with E-state index in [4.69, 9.17) is 5.73 Å². The first-order valence-electron chi connectivity index (χ1n) is 6.73. The van der Waals surface area contributed by atoms with Crippen LogP contribution in [0.15, 0.2) is 18.2 Å². The molecule has 118 valence electrons. The molecule has 21 heavy (non-hydrogen) atoms. The van der Waals surface area contributed by atoms with E-state index in [-0.39, 0.29) is 23.5 Å². The van der Waals surface area contributed by atoms with Crippen molar-refractivity contribution in [1.29, 1.82) is 0 Å². The van der Waals surface area contributed by atoms with E-state index < -0.39 is 16.9 Å². The summed E-state index contributed by atoms with van der Waals surface area (Å²) in [5.41, 5.74) is 4.65. The number of nitrogens with one attached hydrogen (secondary N) is 1. The molecule has 5 nitrogen and oxygen atoms in total. The number of nitrogens with zero attached hydrogens (tertiary/aromatic N) is 1. The third-order valence-electron chi connectivity index (χ3n) is 3.23. The van der Waals surface area contributed by atoms with Crippen molar-refractivity contribution in [3.8, 4) is 0 Å². The van der Waals surface area contributed by atoms with Crippen molar-refractivity contribution >= 4 is 11.4 Å². The lowest BCUT2D eigenvalue weighted by Gasteiger charge is -2.33. The number of alkyl halides is 2. The van der Waals surface area contributed by atoms with Gasteiger partial charge in [-0.1, -0.05) is 13.8 Å². The third kappa shape index (κ3) is 4.63. The van der Waals surface area contributed by atoms with Crippen LogP contribution in [-0.2, 0) is 0 Å². The van der Waals surface area contributed by atoms with Gasteiger partial charge in [0.25, 0.3) is 12.1 Å². The van der Waals surface area contributed by atoms with Crippen LogP contribution in [0.2, 0.25) is 0 Å². The summed E-state index contributed by atoms with van der Waals surface area (Å²) >= 11 is 0. The summed E-state index contributed by atoms with van der Waals surface area (Å²) in [6.07, 6.45) is -2.10. The Hall–Kier alpha value is -1.76. The molecule has 0 aromatic heterocycles. The first kappa shape index (κ1) is 17.3. The zero-order valence-electron chi connectivity index (χ0n) is 12.4. The second-order valence-corrected chi connectivity index (χ2v) is 5.82. The van der Waals surface area contributed by atoms with Crippen LogP contribution in [0.3, 0.4) is 0 Å². The summed E-state index contributed by atoms with van der Waals surface area (Å²) < 4.78 is 26.2. The van der Waals surface area contributed by atoms with E-state index in [0.29, 0.717) is 12.3 Å². The van der Waals surface area contributed by atoms with Gasteiger partial charge in [0.2, 0.25) is 0 Å². The summed E-state index contributed by atoms with van der Waals surface area (Å²) in [5.74, 6) is 0.332. The summed E-state index contributed by atoms with van der Waals surface area (Å²) in [4.78, 5) is 10.0. The fraction of sp³-hybridized carbons (Fsp3) is 0.571. The fourth-order valence-electron chi connectivity index (χ4n) is 2.37. The number of hydrogen-bond acceptors (Lipinski definition) is 4. The summed E-state index contributed by atoms with van der Waals surface area (Å²) in [5, 5.41) is 13.7. The Morgan fingerprint density at radius 3 is 2.48 bits per heavy atom. The molecule has 1 aromatic rings. The van der Waals surface area contributed by atoms with E-state index in [9.17, 15) is 18.9 Å². The van der Waals surface area contributed by atoms with Gasteiger partial charge in [-0.3, -0.25) is 10.1 Å². The van der Waals surface area contributed by atoms with E-state index in [1.54, 1.807) is 0 Å². The standard InChI is InChI=1S/C14H21F2N3O2/c1-9(2)7-14(3,8-17)18-12-5-4-10(19(20)21)6-11(12)13(15)16/h4-6,9,13,18H,7-8,17H2,1-3H3. The zero-order chi connectivity index (χ0) is 16.2. The predicted octanol–water partition coefficient (Wildman–Crippen LogP) is 3.71. The second-order valence-electron chi connectivity index (χ2n) is 5.82. The van der Waals surface area contributed by atoms with E-state index in [2.05, 4.69) is 5.32 Å². The molecule has 1 atom stereocenters. The number of halogens is 2. The smallest absolute Gasteiger partial charge is 0.270 e. The molecule has 0 saturated carbocycles. The summed E-state index contributed by atoms with van der Waals surface area (Å²) in [6.45, 7) is 6.15. The molecule has 0 radical (unpaired) electrons. The average Bonchev–Trinajstić information content (AvgIpc) is 2.37. The quantitative estimate of drug-likeness (QED) is 0.594. The largest absolute Gasteiger partial charge is 0.378 e. The van der Waals surface area contributed by atoms with E-state index in [1.165, 1.54) is 12.1 Å². The van der Waals surface area contributed by atoms with Gasteiger partial charge < -0.3 is 11.1 Å². The molecule has 0 bridgehead atoms. The lowest BCUT2D eigenvalue weighted by atomic mass is 9.90. The van der Waals surface area contributed by atoms with Gasteiger partial charge in [0, 0.05) is 35.5 Å².